The molecule has 0 aromatic carbocycles. The summed E-state index contributed by atoms with van der Waals surface area (Å²) in [4.78, 5) is 13.4. The van der Waals surface area contributed by atoms with E-state index < -0.39 is 5.97 Å². The molecule has 0 amide bonds. The molecular weight excluding hydrogens is 226 g/mol. The zero-order valence-electron chi connectivity index (χ0n) is 11.6. The SMILES string of the molecule is CCC1CCCC(N2CCC(CC(=O)O)CC2)C1. The molecule has 0 radical (unpaired) electrons. The largest absolute Gasteiger partial charge is 0.481 e. The molecule has 3 nitrogen and oxygen atoms in total. The number of carboxylic acid groups (broad SMARTS) is 1. The number of nitrogens with zero attached hydrogens (tertiary/aromatic N) is 1. The fourth-order valence-electron chi connectivity index (χ4n) is 3.73. The molecule has 1 aliphatic heterocycles. The third kappa shape index (κ3) is 3.71. The van der Waals surface area contributed by atoms with Crippen molar-refractivity contribution < 1.29 is 9.90 Å². The van der Waals surface area contributed by atoms with E-state index in [1.807, 2.05) is 0 Å². The Bertz CT molecular complexity index is 272. The maximum atomic E-state index is 10.7. The summed E-state index contributed by atoms with van der Waals surface area (Å²) in [5, 5.41) is 8.83. The van der Waals surface area contributed by atoms with E-state index in [-0.39, 0.29) is 0 Å². The van der Waals surface area contributed by atoms with E-state index in [9.17, 15) is 4.79 Å². The molecule has 2 atom stereocenters. The topological polar surface area (TPSA) is 40.5 Å². The lowest BCUT2D eigenvalue weighted by Crippen LogP contribution is -2.43. The Kier molecular flexibility index (Phi) is 5.04. The molecule has 3 heteroatoms. The monoisotopic (exact) mass is 253 g/mol. The van der Waals surface area contributed by atoms with Crippen LogP contribution in [0.2, 0.25) is 0 Å². The molecule has 1 saturated carbocycles. The van der Waals surface area contributed by atoms with E-state index in [0.717, 1.165) is 37.9 Å². The van der Waals surface area contributed by atoms with E-state index in [1.165, 1.54) is 32.1 Å². The lowest BCUT2D eigenvalue weighted by molar-refractivity contribution is -0.138. The highest BCUT2D eigenvalue weighted by Gasteiger charge is 2.29. The number of likely N-dealkylation sites (tertiary alicyclic amines) is 1. The normalized spacial score (nSPS) is 31.4. The molecule has 0 aromatic heterocycles. The van der Waals surface area contributed by atoms with Gasteiger partial charge in [0.05, 0.1) is 0 Å². The van der Waals surface area contributed by atoms with Crippen LogP contribution in [0.1, 0.15) is 58.3 Å². The van der Waals surface area contributed by atoms with Gasteiger partial charge in [-0.1, -0.05) is 26.2 Å². The average Bonchev–Trinajstić information content (AvgIpc) is 2.39. The highest BCUT2D eigenvalue weighted by molar-refractivity contribution is 5.67. The first-order valence-corrected chi connectivity index (χ1v) is 7.65. The Balaban J connectivity index is 1.76. The van der Waals surface area contributed by atoms with Crippen molar-refractivity contribution in [2.75, 3.05) is 13.1 Å². The Morgan fingerprint density at radius 2 is 1.89 bits per heavy atom. The second-order valence-electron chi connectivity index (χ2n) is 6.17. The highest BCUT2D eigenvalue weighted by Crippen LogP contribution is 2.32. The van der Waals surface area contributed by atoms with Crippen molar-refractivity contribution in [1.29, 1.82) is 0 Å². The van der Waals surface area contributed by atoms with Crippen LogP contribution in [0.4, 0.5) is 0 Å². The van der Waals surface area contributed by atoms with Gasteiger partial charge in [0.1, 0.15) is 0 Å². The summed E-state index contributed by atoms with van der Waals surface area (Å²) in [6.45, 7) is 4.56. The van der Waals surface area contributed by atoms with Gasteiger partial charge in [0.15, 0.2) is 0 Å². The molecule has 1 aliphatic carbocycles. The van der Waals surface area contributed by atoms with Gasteiger partial charge in [-0.05, 0) is 50.6 Å². The second-order valence-corrected chi connectivity index (χ2v) is 6.17. The average molecular weight is 253 g/mol. The first-order valence-electron chi connectivity index (χ1n) is 7.65. The summed E-state index contributed by atoms with van der Waals surface area (Å²) in [6, 6.07) is 0.787. The quantitative estimate of drug-likeness (QED) is 0.836. The van der Waals surface area contributed by atoms with Crippen molar-refractivity contribution in [3.8, 4) is 0 Å². The Labute approximate surface area is 111 Å². The van der Waals surface area contributed by atoms with E-state index in [1.54, 1.807) is 0 Å². The molecule has 0 bridgehead atoms. The summed E-state index contributed by atoms with van der Waals surface area (Å²) in [6.07, 6.45) is 9.40. The summed E-state index contributed by atoms with van der Waals surface area (Å²) < 4.78 is 0. The Hall–Kier alpha value is -0.570. The van der Waals surface area contributed by atoms with Crippen molar-refractivity contribution in [2.45, 2.75) is 64.3 Å². The minimum Gasteiger partial charge on any atom is -0.481 e. The molecule has 1 N–H and O–H groups in total. The van der Waals surface area contributed by atoms with Crippen LogP contribution in [-0.4, -0.2) is 35.1 Å². The maximum Gasteiger partial charge on any atom is 0.303 e. The Morgan fingerprint density at radius 3 is 2.50 bits per heavy atom. The van der Waals surface area contributed by atoms with Crippen LogP contribution in [0.3, 0.4) is 0 Å². The van der Waals surface area contributed by atoms with Crippen LogP contribution in [0.25, 0.3) is 0 Å². The van der Waals surface area contributed by atoms with Gasteiger partial charge < -0.3 is 10.0 Å². The molecule has 2 fully saturated rings. The van der Waals surface area contributed by atoms with Crippen LogP contribution in [0.15, 0.2) is 0 Å². The van der Waals surface area contributed by atoms with E-state index in [4.69, 9.17) is 5.11 Å². The molecular formula is C15H27NO2. The fraction of sp³-hybridized carbons (Fsp3) is 0.933. The van der Waals surface area contributed by atoms with Crippen molar-refractivity contribution in [1.82, 2.24) is 4.90 Å². The zero-order valence-corrected chi connectivity index (χ0v) is 11.6. The third-order valence-corrected chi connectivity index (χ3v) is 4.96. The van der Waals surface area contributed by atoms with Crippen LogP contribution in [0, 0.1) is 11.8 Å². The number of hydrogen-bond donors (Lipinski definition) is 1. The maximum absolute atomic E-state index is 10.7. The van der Waals surface area contributed by atoms with Crippen molar-refractivity contribution in [3.05, 3.63) is 0 Å². The van der Waals surface area contributed by atoms with Crippen LogP contribution in [0.5, 0.6) is 0 Å². The first kappa shape index (κ1) is 13.9. The summed E-state index contributed by atoms with van der Waals surface area (Å²) >= 11 is 0. The van der Waals surface area contributed by atoms with Gasteiger partial charge in [0.25, 0.3) is 0 Å². The van der Waals surface area contributed by atoms with Crippen LogP contribution in [-0.2, 0) is 4.79 Å². The van der Waals surface area contributed by atoms with Gasteiger partial charge >= 0.3 is 5.97 Å². The molecule has 2 aliphatic rings. The van der Waals surface area contributed by atoms with E-state index in [0.29, 0.717) is 12.3 Å². The minimum absolute atomic E-state index is 0.371. The smallest absolute Gasteiger partial charge is 0.303 e. The van der Waals surface area contributed by atoms with Crippen molar-refractivity contribution in [3.63, 3.8) is 0 Å². The Morgan fingerprint density at radius 1 is 1.17 bits per heavy atom. The standard InChI is InChI=1S/C15H27NO2/c1-2-12-4-3-5-14(10-12)16-8-6-13(7-9-16)11-15(17)18/h12-14H,2-11H2,1H3,(H,17,18). The molecule has 1 saturated heterocycles. The lowest BCUT2D eigenvalue weighted by atomic mass is 9.82. The molecule has 104 valence electrons. The summed E-state index contributed by atoms with van der Waals surface area (Å²) in [7, 11) is 0. The van der Waals surface area contributed by atoms with Crippen molar-refractivity contribution in [2.24, 2.45) is 11.8 Å². The number of rotatable bonds is 4. The van der Waals surface area contributed by atoms with Gasteiger partial charge in [0, 0.05) is 12.5 Å². The first-order chi connectivity index (χ1) is 8.69. The van der Waals surface area contributed by atoms with Gasteiger partial charge in [0.2, 0.25) is 0 Å². The van der Waals surface area contributed by atoms with Crippen molar-refractivity contribution >= 4 is 5.97 Å². The number of hydrogen-bond acceptors (Lipinski definition) is 2. The molecule has 2 rings (SSSR count). The summed E-state index contributed by atoms with van der Waals surface area (Å²) in [5.74, 6) is 0.724. The highest BCUT2D eigenvalue weighted by atomic mass is 16.4. The lowest BCUT2D eigenvalue weighted by Gasteiger charge is -2.41. The number of piperidine rings is 1. The van der Waals surface area contributed by atoms with Gasteiger partial charge in [-0.15, -0.1) is 0 Å². The minimum atomic E-state index is -0.628. The number of carboxylic acids is 1. The molecule has 0 spiro atoms. The van der Waals surface area contributed by atoms with Crippen LogP contribution < -0.4 is 0 Å². The zero-order chi connectivity index (χ0) is 13.0. The van der Waals surface area contributed by atoms with Gasteiger partial charge in [-0.25, -0.2) is 0 Å². The van der Waals surface area contributed by atoms with Gasteiger partial charge in [-0.3, -0.25) is 4.79 Å². The van der Waals surface area contributed by atoms with E-state index in [2.05, 4.69) is 11.8 Å². The second kappa shape index (κ2) is 6.55. The predicted octanol–water partition coefficient (Wildman–Crippen LogP) is 3.14. The molecule has 18 heavy (non-hydrogen) atoms. The van der Waals surface area contributed by atoms with Crippen LogP contribution >= 0.6 is 0 Å². The van der Waals surface area contributed by atoms with Gasteiger partial charge in [-0.2, -0.15) is 0 Å². The molecule has 0 aromatic rings. The number of aliphatic carboxylic acids is 1. The fourth-order valence-corrected chi connectivity index (χ4v) is 3.73. The number of carbonyl (C=O) groups is 1. The van der Waals surface area contributed by atoms with E-state index >= 15 is 0 Å². The molecule has 1 heterocycles. The summed E-state index contributed by atoms with van der Waals surface area (Å²) in [5.41, 5.74) is 0. The molecule has 2 unspecified atom stereocenters. The predicted molar refractivity (Wildman–Crippen MR) is 72.6 cm³/mol. The third-order valence-electron chi connectivity index (χ3n) is 4.96.